The van der Waals surface area contributed by atoms with Crippen molar-refractivity contribution in [1.82, 2.24) is 15.1 Å². The molecule has 2 fully saturated rings. The molecule has 4 amide bonds. The topological polar surface area (TPSA) is 99.3 Å². The molecule has 0 radical (unpaired) electrons. The summed E-state index contributed by atoms with van der Waals surface area (Å²) in [4.78, 5) is 52.1. The van der Waals surface area contributed by atoms with Crippen LogP contribution in [0.15, 0.2) is 18.2 Å². The van der Waals surface area contributed by atoms with Crippen LogP contribution in [0.1, 0.15) is 16.8 Å². The van der Waals surface area contributed by atoms with Crippen LogP contribution < -0.4 is 15.0 Å². The van der Waals surface area contributed by atoms with Gasteiger partial charge in [0.05, 0.1) is 19.3 Å². The van der Waals surface area contributed by atoms with Crippen LogP contribution in [-0.4, -0.2) is 80.3 Å². The van der Waals surface area contributed by atoms with Gasteiger partial charge in [0.2, 0.25) is 5.91 Å². The highest BCUT2D eigenvalue weighted by Gasteiger charge is 2.28. The molecule has 2 aliphatic rings. The Bertz CT molecular complexity index is 758. The normalized spacial score (nSPS) is 18.3. The second-order valence-electron chi connectivity index (χ2n) is 6.40. The van der Waals surface area contributed by atoms with Gasteiger partial charge >= 0.3 is 6.03 Å². The van der Waals surface area contributed by atoms with E-state index >= 15 is 0 Å². The number of amides is 4. The van der Waals surface area contributed by atoms with Crippen molar-refractivity contribution in [1.29, 1.82) is 0 Å². The Labute approximate surface area is 156 Å². The lowest BCUT2D eigenvalue weighted by molar-refractivity contribution is -0.120. The van der Waals surface area contributed by atoms with Gasteiger partial charge in [-0.25, -0.2) is 4.79 Å². The fourth-order valence-electron chi connectivity index (χ4n) is 3.25. The van der Waals surface area contributed by atoms with Crippen molar-refractivity contribution in [3.05, 3.63) is 23.8 Å². The maximum atomic E-state index is 12.9. The number of piperazine rings is 1. The molecule has 2 aliphatic heterocycles. The molecule has 0 atom stereocenters. The maximum absolute atomic E-state index is 12.9. The molecule has 27 heavy (non-hydrogen) atoms. The first-order valence-electron chi connectivity index (χ1n) is 8.78. The number of rotatable bonds is 5. The third kappa shape index (κ3) is 4.08. The molecule has 144 valence electrons. The smallest absolute Gasteiger partial charge is 0.328 e. The third-order valence-electron chi connectivity index (χ3n) is 4.76. The molecule has 0 aliphatic carbocycles. The summed E-state index contributed by atoms with van der Waals surface area (Å²) in [5.41, 5.74) is 0.896. The molecule has 0 saturated carbocycles. The van der Waals surface area contributed by atoms with E-state index in [-0.39, 0.29) is 24.8 Å². The Morgan fingerprint density at radius 3 is 2.56 bits per heavy atom. The molecule has 0 bridgehead atoms. The van der Waals surface area contributed by atoms with E-state index in [2.05, 4.69) is 5.32 Å². The van der Waals surface area contributed by atoms with Crippen LogP contribution in [0.2, 0.25) is 0 Å². The van der Waals surface area contributed by atoms with Gasteiger partial charge < -0.3 is 14.4 Å². The summed E-state index contributed by atoms with van der Waals surface area (Å²) in [6, 6.07) is 4.40. The summed E-state index contributed by atoms with van der Waals surface area (Å²) in [7, 11) is 1.49. The number of anilines is 1. The van der Waals surface area contributed by atoms with E-state index in [0.29, 0.717) is 49.7 Å². The summed E-state index contributed by atoms with van der Waals surface area (Å²) in [5.74, 6) is -0.0133. The second kappa shape index (κ2) is 8.17. The number of carbonyl (C=O) groups excluding carboxylic acids is 4. The fourth-order valence-corrected chi connectivity index (χ4v) is 3.25. The SMILES string of the molecule is COc1ccc(C(=O)N2CCN(CC=O)CC2)cc1N1CCC(=O)NC1=O. The summed E-state index contributed by atoms with van der Waals surface area (Å²) in [5, 5.41) is 2.27. The van der Waals surface area contributed by atoms with Gasteiger partial charge in [0.15, 0.2) is 0 Å². The van der Waals surface area contributed by atoms with Gasteiger partial charge in [0, 0.05) is 44.7 Å². The van der Waals surface area contributed by atoms with Gasteiger partial charge in [-0.2, -0.15) is 0 Å². The summed E-state index contributed by atoms with van der Waals surface area (Å²) in [6.07, 6.45) is 1.05. The average Bonchev–Trinajstić information content (AvgIpc) is 2.68. The van der Waals surface area contributed by atoms with E-state index in [0.717, 1.165) is 6.29 Å². The standard InChI is InChI=1S/C18H22N4O5/c1-27-15-3-2-13(12-14(15)22-5-4-16(24)19-18(22)26)17(25)21-8-6-20(7-9-21)10-11-23/h2-3,11-12H,4-10H2,1H3,(H,19,24,26). The minimum absolute atomic E-state index is 0.141. The highest BCUT2D eigenvalue weighted by atomic mass is 16.5. The quantitative estimate of drug-likeness (QED) is 0.734. The Kier molecular flexibility index (Phi) is 5.70. The van der Waals surface area contributed by atoms with E-state index in [1.54, 1.807) is 23.1 Å². The Morgan fingerprint density at radius 1 is 1.19 bits per heavy atom. The number of nitrogens with one attached hydrogen (secondary N) is 1. The van der Waals surface area contributed by atoms with Gasteiger partial charge in [-0.3, -0.25) is 24.7 Å². The maximum Gasteiger partial charge on any atom is 0.328 e. The van der Waals surface area contributed by atoms with Crippen molar-refractivity contribution in [2.45, 2.75) is 6.42 Å². The van der Waals surface area contributed by atoms with Crippen LogP contribution in [-0.2, 0) is 9.59 Å². The first kappa shape index (κ1) is 18.8. The molecule has 9 nitrogen and oxygen atoms in total. The highest BCUT2D eigenvalue weighted by molar-refractivity contribution is 6.07. The summed E-state index contributed by atoms with van der Waals surface area (Å²) in [6.45, 7) is 2.95. The number of hydrogen-bond donors (Lipinski definition) is 1. The summed E-state index contributed by atoms with van der Waals surface area (Å²) < 4.78 is 5.32. The number of nitrogens with zero attached hydrogens (tertiary/aromatic N) is 3. The number of imide groups is 1. The lowest BCUT2D eigenvalue weighted by Gasteiger charge is -2.34. The predicted octanol–water partition coefficient (Wildman–Crippen LogP) is 0.0982. The van der Waals surface area contributed by atoms with Crippen LogP contribution in [0.25, 0.3) is 0 Å². The van der Waals surface area contributed by atoms with Crippen molar-refractivity contribution in [2.24, 2.45) is 0 Å². The van der Waals surface area contributed by atoms with Crippen LogP contribution >= 0.6 is 0 Å². The molecular formula is C18H22N4O5. The Morgan fingerprint density at radius 2 is 1.93 bits per heavy atom. The fraction of sp³-hybridized carbons (Fsp3) is 0.444. The lowest BCUT2D eigenvalue weighted by atomic mass is 10.1. The molecule has 1 aromatic rings. The molecule has 2 saturated heterocycles. The van der Waals surface area contributed by atoms with E-state index in [9.17, 15) is 19.2 Å². The van der Waals surface area contributed by atoms with Gasteiger partial charge in [0.1, 0.15) is 12.0 Å². The molecule has 3 rings (SSSR count). The van der Waals surface area contributed by atoms with Crippen LogP contribution in [0.3, 0.4) is 0 Å². The molecular weight excluding hydrogens is 352 g/mol. The zero-order chi connectivity index (χ0) is 19.4. The second-order valence-corrected chi connectivity index (χ2v) is 6.40. The lowest BCUT2D eigenvalue weighted by Crippen LogP contribution is -2.50. The molecule has 0 unspecified atom stereocenters. The van der Waals surface area contributed by atoms with E-state index in [4.69, 9.17) is 4.74 Å². The molecule has 9 heteroatoms. The van der Waals surface area contributed by atoms with Crippen molar-refractivity contribution >= 4 is 29.8 Å². The van der Waals surface area contributed by atoms with Crippen molar-refractivity contribution in [3.63, 3.8) is 0 Å². The number of hydrogen-bond acceptors (Lipinski definition) is 6. The van der Waals surface area contributed by atoms with Crippen LogP contribution in [0.5, 0.6) is 5.75 Å². The molecule has 0 spiro atoms. The number of urea groups is 1. The van der Waals surface area contributed by atoms with Crippen molar-refractivity contribution in [3.8, 4) is 5.75 Å². The summed E-state index contributed by atoms with van der Waals surface area (Å²) >= 11 is 0. The van der Waals surface area contributed by atoms with Gasteiger partial charge in [-0.15, -0.1) is 0 Å². The number of benzene rings is 1. The van der Waals surface area contributed by atoms with Gasteiger partial charge in [-0.05, 0) is 18.2 Å². The monoisotopic (exact) mass is 374 g/mol. The number of aldehydes is 1. The van der Waals surface area contributed by atoms with Crippen molar-refractivity contribution < 1.29 is 23.9 Å². The number of carbonyl (C=O) groups is 4. The molecule has 0 aromatic heterocycles. The van der Waals surface area contributed by atoms with Gasteiger partial charge in [0.25, 0.3) is 5.91 Å². The van der Waals surface area contributed by atoms with E-state index < -0.39 is 6.03 Å². The van der Waals surface area contributed by atoms with Crippen LogP contribution in [0.4, 0.5) is 10.5 Å². The largest absolute Gasteiger partial charge is 0.495 e. The molecule has 1 N–H and O–H groups in total. The Hall–Kier alpha value is -2.94. The van der Waals surface area contributed by atoms with E-state index in [1.807, 2.05) is 4.90 Å². The van der Waals surface area contributed by atoms with Crippen LogP contribution in [0, 0.1) is 0 Å². The van der Waals surface area contributed by atoms with Gasteiger partial charge in [-0.1, -0.05) is 0 Å². The predicted molar refractivity (Wildman–Crippen MR) is 96.9 cm³/mol. The Balaban J connectivity index is 1.79. The molecule has 2 heterocycles. The minimum atomic E-state index is -0.531. The average molecular weight is 374 g/mol. The number of methoxy groups -OCH3 is 1. The number of ether oxygens (including phenoxy) is 1. The molecule has 1 aromatic carbocycles. The van der Waals surface area contributed by atoms with E-state index in [1.165, 1.54) is 12.0 Å². The van der Waals surface area contributed by atoms with Crippen molar-refractivity contribution in [2.75, 3.05) is 51.3 Å². The third-order valence-corrected chi connectivity index (χ3v) is 4.76. The first-order chi connectivity index (χ1) is 13.0. The minimum Gasteiger partial charge on any atom is -0.495 e. The zero-order valence-electron chi connectivity index (χ0n) is 15.1. The first-order valence-corrected chi connectivity index (χ1v) is 8.78. The zero-order valence-corrected chi connectivity index (χ0v) is 15.1. The highest BCUT2D eigenvalue weighted by Crippen LogP contribution is 2.31.